The predicted octanol–water partition coefficient (Wildman–Crippen LogP) is 3.88. The van der Waals surface area contributed by atoms with Gasteiger partial charge in [0.25, 0.3) is 0 Å². The van der Waals surface area contributed by atoms with Gasteiger partial charge in [-0.25, -0.2) is 0 Å². The minimum atomic E-state index is -0.541. The van der Waals surface area contributed by atoms with Crippen molar-refractivity contribution in [2.75, 3.05) is 6.61 Å². The molecule has 0 bridgehead atoms. The third-order valence-electron chi connectivity index (χ3n) is 5.85. The van der Waals surface area contributed by atoms with Crippen LogP contribution < -0.4 is 5.73 Å². The van der Waals surface area contributed by atoms with Crippen LogP contribution in [0, 0.1) is 13.8 Å². The van der Waals surface area contributed by atoms with E-state index in [9.17, 15) is 9.90 Å². The van der Waals surface area contributed by atoms with Crippen molar-refractivity contribution in [3.05, 3.63) is 58.4 Å². The number of nitrogens with two attached hydrogens (primary N) is 1. The van der Waals surface area contributed by atoms with Crippen molar-refractivity contribution in [2.45, 2.75) is 64.8 Å². The number of aryl methyl sites for hydroxylation is 4. The Hall–Kier alpha value is -1.91. The van der Waals surface area contributed by atoms with Crippen LogP contribution in [-0.4, -0.2) is 27.6 Å². The molecule has 1 heterocycles. The predicted molar refractivity (Wildman–Crippen MR) is 111 cm³/mol. The van der Waals surface area contributed by atoms with Gasteiger partial charge in [0.15, 0.2) is 5.78 Å². The number of benzene rings is 1. The van der Waals surface area contributed by atoms with Gasteiger partial charge in [0.1, 0.15) is 0 Å². The van der Waals surface area contributed by atoms with Crippen LogP contribution in [0.15, 0.2) is 30.3 Å². The van der Waals surface area contributed by atoms with Crippen molar-refractivity contribution >= 4 is 5.78 Å². The summed E-state index contributed by atoms with van der Waals surface area (Å²) in [5, 5.41) is 9.46. The van der Waals surface area contributed by atoms with E-state index in [0.717, 1.165) is 37.1 Å². The number of aliphatic hydroxyl groups is 1. The topological polar surface area (TPSA) is 68.2 Å². The average Bonchev–Trinajstić information content (AvgIpc) is 3.03. The highest BCUT2D eigenvalue weighted by atomic mass is 16.3. The van der Waals surface area contributed by atoms with Crippen LogP contribution in [-0.2, 0) is 19.9 Å². The Labute approximate surface area is 163 Å². The number of aliphatic hydroxyl groups excluding tert-OH is 1. The summed E-state index contributed by atoms with van der Waals surface area (Å²) in [6.45, 7) is 6.22. The summed E-state index contributed by atoms with van der Waals surface area (Å²) in [7, 11) is 1.94. The number of nitrogens with zero attached hydrogens (tertiary/aromatic N) is 1. The molecule has 1 atom stereocenters. The van der Waals surface area contributed by atoms with Gasteiger partial charge in [-0.1, -0.05) is 25.1 Å². The summed E-state index contributed by atoms with van der Waals surface area (Å²) < 4.78 is 1.98. The summed E-state index contributed by atoms with van der Waals surface area (Å²) >= 11 is 0. The van der Waals surface area contributed by atoms with E-state index in [2.05, 4.69) is 32.0 Å². The molecule has 0 saturated heterocycles. The molecule has 148 valence electrons. The first-order valence-electron chi connectivity index (χ1n) is 9.93. The highest BCUT2D eigenvalue weighted by Crippen LogP contribution is 2.19. The van der Waals surface area contributed by atoms with E-state index in [1.54, 1.807) is 0 Å². The molecule has 0 fully saturated rings. The van der Waals surface area contributed by atoms with Gasteiger partial charge in [-0.15, -0.1) is 0 Å². The smallest absolute Gasteiger partial charge is 0.179 e. The number of hydrogen-bond acceptors (Lipinski definition) is 3. The molecular formula is C23H34N2O2. The van der Waals surface area contributed by atoms with Gasteiger partial charge in [0.05, 0.1) is 12.3 Å². The van der Waals surface area contributed by atoms with E-state index in [4.69, 9.17) is 5.73 Å². The molecule has 2 aromatic rings. The second-order valence-corrected chi connectivity index (χ2v) is 7.84. The normalized spacial score (nSPS) is 13.6. The van der Waals surface area contributed by atoms with E-state index < -0.39 is 5.54 Å². The van der Waals surface area contributed by atoms with Gasteiger partial charge in [0, 0.05) is 24.7 Å². The summed E-state index contributed by atoms with van der Waals surface area (Å²) in [4.78, 5) is 12.6. The van der Waals surface area contributed by atoms with E-state index in [-0.39, 0.29) is 12.4 Å². The number of aromatic nitrogens is 1. The lowest BCUT2D eigenvalue weighted by atomic mass is 9.92. The largest absolute Gasteiger partial charge is 0.394 e. The third-order valence-corrected chi connectivity index (χ3v) is 5.85. The van der Waals surface area contributed by atoms with E-state index in [0.29, 0.717) is 12.8 Å². The molecule has 0 aliphatic rings. The van der Waals surface area contributed by atoms with Crippen LogP contribution in [0.3, 0.4) is 0 Å². The van der Waals surface area contributed by atoms with Crippen molar-refractivity contribution in [1.29, 1.82) is 0 Å². The molecule has 0 aliphatic heterocycles. The molecule has 1 aromatic carbocycles. The lowest BCUT2D eigenvalue weighted by Gasteiger charge is -2.25. The van der Waals surface area contributed by atoms with Gasteiger partial charge >= 0.3 is 0 Å². The van der Waals surface area contributed by atoms with Crippen LogP contribution in [0.25, 0.3) is 0 Å². The zero-order chi connectivity index (χ0) is 20.0. The summed E-state index contributed by atoms with van der Waals surface area (Å²) in [6, 6.07) is 10.4. The molecule has 27 heavy (non-hydrogen) atoms. The molecule has 4 heteroatoms. The van der Waals surface area contributed by atoms with E-state index >= 15 is 0 Å². The number of Topliss-reactive ketones (excluding diaryl/α,β-unsaturated/α-hetero) is 1. The van der Waals surface area contributed by atoms with Crippen molar-refractivity contribution in [3.8, 4) is 0 Å². The molecule has 2 rings (SSSR count). The SMILES string of the molecule is CCC(N)(CO)CCc1ccc(C(=O)CCCc2ccc(C)c(C)c2)n1C. The zero-order valence-corrected chi connectivity index (χ0v) is 17.2. The molecule has 0 radical (unpaired) electrons. The minimum absolute atomic E-state index is 0.0157. The third kappa shape index (κ3) is 5.53. The molecule has 4 nitrogen and oxygen atoms in total. The second-order valence-electron chi connectivity index (χ2n) is 7.84. The van der Waals surface area contributed by atoms with Crippen molar-refractivity contribution in [2.24, 2.45) is 12.8 Å². The second kappa shape index (κ2) is 9.34. The first-order chi connectivity index (χ1) is 12.8. The standard InChI is InChI=1S/C23H34N2O2/c1-5-23(24,16-26)14-13-20-11-12-21(25(20)4)22(27)8-6-7-19-10-9-17(2)18(3)15-19/h9-12,15,26H,5-8,13-14,16,24H2,1-4H3. The van der Waals surface area contributed by atoms with E-state index in [1.165, 1.54) is 16.7 Å². The number of carbonyl (C=O) groups is 1. The number of ketones is 1. The van der Waals surface area contributed by atoms with Gasteiger partial charge in [-0.3, -0.25) is 4.79 Å². The van der Waals surface area contributed by atoms with Crippen LogP contribution in [0.4, 0.5) is 0 Å². The number of rotatable bonds is 10. The maximum absolute atomic E-state index is 12.6. The maximum Gasteiger partial charge on any atom is 0.179 e. The van der Waals surface area contributed by atoms with Crippen LogP contribution >= 0.6 is 0 Å². The zero-order valence-electron chi connectivity index (χ0n) is 17.2. The molecule has 0 amide bonds. The Morgan fingerprint density at radius 2 is 1.89 bits per heavy atom. The quantitative estimate of drug-likeness (QED) is 0.624. The first-order valence-corrected chi connectivity index (χ1v) is 9.93. The molecular weight excluding hydrogens is 336 g/mol. The Bertz CT molecular complexity index is 773. The fourth-order valence-corrected chi connectivity index (χ4v) is 3.37. The van der Waals surface area contributed by atoms with Crippen molar-refractivity contribution < 1.29 is 9.90 Å². The molecule has 1 aromatic heterocycles. The Morgan fingerprint density at radius 3 is 2.52 bits per heavy atom. The highest BCUT2D eigenvalue weighted by molar-refractivity contribution is 5.94. The lowest BCUT2D eigenvalue weighted by Crippen LogP contribution is -2.43. The van der Waals surface area contributed by atoms with Gasteiger partial charge in [-0.2, -0.15) is 0 Å². The van der Waals surface area contributed by atoms with Crippen LogP contribution in [0.5, 0.6) is 0 Å². The summed E-state index contributed by atoms with van der Waals surface area (Å²) in [6.07, 6.45) is 4.53. The Kier molecular flexibility index (Phi) is 7.40. The molecule has 0 aliphatic carbocycles. The first kappa shape index (κ1) is 21.4. The van der Waals surface area contributed by atoms with Crippen molar-refractivity contribution in [1.82, 2.24) is 4.57 Å². The summed E-state index contributed by atoms with van der Waals surface area (Å²) in [5.41, 5.74) is 11.4. The Morgan fingerprint density at radius 1 is 1.15 bits per heavy atom. The maximum atomic E-state index is 12.6. The number of carbonyl (C=O) groups excluding carboxylic acids is 1. The fraction of sp³-hybridized carbons (Fsp3) is 0.522. The van der Waals surface area contributed by atoms with E-state index in [1.807, 2.05) is 30.7 Å². The average molecular weight is 371 g/mol. The number of hydrogen-bond donors (Lipinski definition) is 2. The lowest BCUT2D eigenvalue weighted by molar-refractivity contribution is 0.0972. The van der Waals surface area contributed by atoms with Gasteiger partial charge < -0.3 is 15.4 Å². The van der Waals surface area contributed by atoms with Crippen LogP contribution in [0.2, 0.25) is 0 Å². The molecule has 0 saturated carbocycles. The Balaban J connectivity index is 1.91. The molecule has 3 N–H and O–H groups in total. The van der Waals surface area contributed by atoms with Gasteiger partial charge in [0.2, 0.25) is 0 Å². The molecule has 1 unspecified atom stereocenters. The van der Waals surface area contributed by atoms with Crippen molar-refractivity contribution in [3.63, 3.8) is 0 Å². The summed E-state index contributed by atoms with van der Waals surface area (Å²) in [5.74, 6) is 0.184. The highest BCUT2D eigenvalue weighted by Gasteiger charge is 2.22. The minimum Gasteiger partial charge on any atom is -0.394 e. The fourth-order valence-electron chi connectivity index (χ4n) is 3.37. The van der Waals surface area contributed by atoms with Gasteiger partial charge in [-0.05, 0) is 74.8 Å². The molecule has 0 spiro atoms. The van der Waals surface area contributed by atoms with Crippen LogP contribution in [0.1, 0.15) is 65.5 Å². The monoisotopic (exact) mass is 370 g/mol.